The van der Waals surface area contributed by atoms with E-state index in [1.807, 2.05) is 65.2 Å². The highest BCUT2D eigenvalue weighted by Crippen LogP contribution is 2.34. The Bertz CT molecular complexity index is 1150. The molecule has 0 radical (unpaired) electrons. The van der Waals surface area contributed by atoms with E-state index in [1.165, 1.54) is 12.1 Å². The van der Waals surface area contributed by atoms with E-state index in [-0.39, 0.29) is 5.69 Å². The fourth-order valence-corrected chi connectivity index (χ4v) is 3.39. The largest absolute Gasteiger partial charge is 0.330 e. The molecule has 3 aromatic carbocycles. The van der Waals surface area contributed by atoms with E-state index in [9.17, 15) is 10.1 Å². The molecular formula is C21H15N3O2S. The summed E-state index contributed by atoms with van der Waals surface area (Å²) < 4.78 is 2.44. The van der Waals surface area contributed by atoms with Crippen LogP contribution >= 0.6 is 12.2 Å². The number of hydrogen-bond donors (Lipinski definition) is 1. The van der Waals surface area contributed by atoms with Crippen LogP contribution in [0.3, 0.4) is 0 Å². The quantitative estimate of drug-likeness (QED) is 0.280. The molecule has 1 N–H and O–H groups in total. The van der Waals surface area contributed by atoms with Crippen LogP contribution in [0.25, 0.3) is 28.2 Å². The molecule has 4 aromatic rings. The standard InChI is InChI=1S/C21H15N3O2S/c25-24(26)18-13-11-17(12-14-18)23-20(16-9-5-2-6-10-16)19(22-21(23)27)15-7-3-1-4-8-15/h1-14H,(H,22,27). The number of nitro groups is 1. The number of aromatic nitrogens is 2. The molecular weight excluding hydrogens is 358 g/mol. The molecule has 0 bridgehead atoms. The normalized spacial score (nSPS) is 10.7. The van der Waals surface area contributed by atoms with Gasteiger partial charge in [-0.25, -0.2) is 0 Å². The molecule has 4 rings (SSSR count). The van der Waals surface area contributed by atoms with Gasteiger partial charge in [-0.2, -0.15) is 0 Å². The number of nitro benzene ring substituents is 1. The zero-order chi connectivity index (χ0) is 18.8. The van der Waals surface area contributed by atoms with Gasteiger partial charge in [0.1, 0.15) is 0 Å². The van der Waals surface area contributed by atoms with Gasteiger partial charge in [-0.05, 0) is 24.4 Å². The lowest BCUT2D eigenvalue weighted by Crippen LogP contribution is -1.98. The highest BCUT2D eigenvalue weighted by molar-refractivity contribution is 7.71. The van der Waals surface area contributed by atoms with Gasteiger partial charge in [0.05, 0.1) is 16.3 Å². The third kappa shape index (κ3) is 3.18. The topological polar surface area (TPSA) is 63.9 Å². The van der Waals surface area contributed by atoms with Crippen LogP contribution < -0.4 is 0 Å². The Labute approximate surface area is 160 Å². The third-order valence-corrected chi connectivity index (χ3v) is 4.61. The predicted molar refractivity (Wildman–Crippen MR) is 108 cm³/mol. The number of nitrogens with one attached hydrogen (secondary N) is 1. The second-order valence-electron chi connectivity index (χ2n) is 5.99. The smallest absolute Gasteiger partial charge is 0.269 e. The first-order valence-electron chi connectivity index (χ1n) is 8.36. The van der Waals surface area contributed by atoms with E-state index >= 15 is 0 Å². The number of H-pyrrole nitrogens is 1. The van der Waals surface area contributed by atoms with Crippen molar-refractivity contribution in [1.82, 2.24) is 9.55 Å². The van der Waals surface area contributed by atoms with Crippen molar-refractivity contribution in [3.63, 3.8) is 0 Å². The van der Waals surface area contributed by atoms with Crippen molar-refractivity contribution in [1.29, 1.82) is 0 Å². The molecule has 132 valence electrons. The van der Waals surface area contributed by atoms with Crippen LogP contribution in [0, 0.1) is 14.9 Å². The number of benzene rings is 3. The maximum atomic E-state index is 11.0. The second kappa shape index (κ2) is 7.01. The molecule has 0 unspecified atom stereocenters. The molecule has 1 heterocycles. The van der Waals surface area contributed by atoms with E-state index in [0.29, 0.717) is 4.77 Å². The molecule has 0 saturated carbocycles. The average molecular weight is 373 g/mol. The molecule has 27 heavy (non-hydrogen) atoms. The molecule has 5 nitrogen and oxygen atoms in total. The van der Waals surface area contributed by atoms with Crippen molar-refractivity contribution in [2.75, 3.05) is 0 Å². The molecule has 0 atom stereocenters. The second-order valence-corrected chi connectivity index (χ2v) is 6.38. The van der Waals surface area contributed by atoms with Crippen LogP contribution in [-0.4, -0.2) is 14.5 Å². The number of non-ortho nitro benzene ring substituents is 1. The first-order valence-corrected chi connectivity index (χ1v) is 8.76. The summed E-state index contributed by atoms with van der Waals surface area (Å²) in [5, 5.41) is 11.0. The fourth-order valence-electron chi connectivity index (χ4n) is 3.09. The zero-order valence-corrected chi connectivity index (χ0v) is 15.0. The number of hydrogen-bond acceptors (Lipinski definition) is 3. The number of nitrogens with zero attached hydrogens (tertiary/aromatic N) is 2. The number of aromatic amines is 1. The van der Waals surface area contributed by atoms with Crippen molar-refractivity contribution in [3.05, 3.63) is 99.8 Å². The lowest BCUT2D eigenvalue weighted by atomic mass is 10.0. The molecule has 0 fully saturated rings. The fraction of sp³-hybridized carbons (Fsp3) is 0. The Balaban J connectivity index is 1.98. The SMILES string of the molecule is O=[N+]([O-])c1ccc(-n2c(-c3ccccc3)c(-c3ccccc3)[nH]c2=S)cc1. The number of imidazole rings is 1. The summed E-state index contributed by atoms with van der Waals surface area (Å²) in [4.78, 5) is 13.9. The molecule has 0 saturated heterocycles. The van der Waals surface area contributed by atoms with Crippen molar-refractivity contribution in [3.8, 4) is 28.2 Å². The van der Waals surface area contributed by atoms with Gasteiger partial charge in [0.25, 0.3) is 5.69 Å². The lowest BCUT2D eigenvalue weighted by Gasteiger charge is -2.11. The van der Waals surface area contributed by atoms with Gasteiger partial charge in [0.2, 0.25) is 0 Å². The first kappa shape index (κ1) is 16.9. The third-order valence-electron chi connectivity index (χ3n) is 4.32. The Morgan fingerprint density at radius 2 is 1.37 bits per heavy atom. The number of rotatable bonds is 4. The summed E-state index contributed by atoms with van der Waals surface area (Å²) in [6, 6.07) is 26.3. The van der Waals surface area contributed by atoms with Crippen molar-refractivity contribution < 1.29 is 4.92 Å². The van der Waals surface area contributed by atoms with Gasteiger partial charge in [0.15, 0.2) is 4.77 Å². The minimum atomic E-state index is -0.409. The molecule has 0 aliphatic heterocycles. The Morgan fingerprint density at radius 1 is 0.815 bits per heavy atom. The molecule has 0 aliphatic rings. The summed E-state index contributed by atoms with van der Waals surface area (Å²) in [5.41, 5.74) is 4.66. The summed E-state index contributed by atoms with van der Waals surface area (Å²) in [5.74, 6) is 0. The lowest BCUT2D eigenvalue weighted by molar-refractivity contribution is -0.384. The van der Waals surface area contributed by atoms with Gasteiger partial charge >= 0.3 is 0 Å². The minimum Gasteiger partial charge on any atom is -0.330 e. The van der Waals surface area contributed by atoms with E-state index in [1.54, 1.807) is 12.1 Å². The summed E-state index contributed by atoms with van der Waals surface area (Å²) in [6.07, 6.45) is 0. The molecule has 0 amide bonds. The monoisotopic (exact) mass is 373 g/mol. The van der Waals surface area contributed by atoms with E-state index < -0.39 is 4.92 Å². The van der Waals surface area contributed by atoms with Crippen LogP contribution in [0.1, 0.15) is 0 Å². The van der Waals surface area contributed by atoms with Gasteiger partial charge in [-0.3, -0.25) is 14.7 Å². The summed E-state index contributed by atoms with van der Waals surface area (Å²) >= 11 is 5.60. The van der Waals surface area contributed by atoms with Crippen molar-refractivity contribution in [2.45, 2.75) is 0 Å². The summed E-state index contributed by atoms with van der Waals surface area (Å²) in [7, 11) is 0. The van der Waals surface area contributed by atoms with Gasteiger partial charge in [0, 0.05) is 28.9 Å². The minimum absolute atomic E-state index is 0.0466. The summed E-state index contributed by atoms with van der Waals surface area (Å²) in [6.45, 7) is 0. The average Bonchev–Trinajstić information content (AvgIpc) is 3.06. The highest BCUT2D eigenvalue weighted by Gasteiger charge is 2.17. The molecule has 6 heteroatoms. The maximum absolute atomic E-state index is 11.0. The maximum Gasteiger partial charge on any atom is 0.269 e. The van der Waals surface area contributed by atoms with Crippen LogP contribution in [0.5, 0.6) is 0 Å². The van der Waals surface area contributed by atoms with Crippen LogP contribution in [0.2, 0.25) is 0 Å². The van der Waals surface area contributed by atoms with Crippen LogP contribution in [0.4, 0.5) is 5.69 Å². The first-order chi connectivity index (χ1) is 13.1. The van der Waals surface area contributed by atoms with Gasteiger partial charge < -0.3 is 4.98 Å². The molecule has 1 aromatic heterocycles. The highest BCUT2D eigenvalue weighted by atomic mass is 32.1. The van der Waals surface area contributed by atoms with E-state index in [2.05, 4.69) is 4.98 Å². The van der Waals surface area contributed by atoms with E-state index in [0.717, 1.165) is 28.2 Å². The predicted octanol–water partition coefficient (Wildman–Crippen LogP) is 5.78. The Kier molecular flexibility index (Phi) is 4.40. The van der Waals surface area contributed by atoms with Crippen LogP contribution in [0.15, 0.2) is 84.9 Å². The molecule has 0 aliphatic carbocycles. The van der Waals surface area contributed by atoms with Gasteiger partial charge in [-0.1, -0.05) is 60.7 Å². The van der Waals surface area contributed by atoms with Crippen molar-refractivity contribution in [2.24, 2.45) is 0 Å². The Hall–Kier alpha value is -3.51. The van der Waals surface area contributed by atoms with Gasteiger partial charge in [-0.15, -0.1) is 0 Å². The Morgan fingerprint density at radius 3 is 1.93 bits per heavy atom. The van der Waals surface area contributed by atoms with E-state index in [4.69, 9.17) is 12.2 Å². The van der Waals surface area contributed by atoms with Crippen molar-refractivity contribution >= 4 is 17.9 Å². The zero-order valence-electron chi connectivity index (χ0n) is 14.2. The van der Waals surface area contributed by atoms with Crippen LogP contribution in [-0.2, 0) is 0 Å². The molecule has 0 spiro atoms.